The lowest BCUT2D eigenvalue weighted by Crippen LogP contribution is -2.40. The van der Waals surface area contributed by atoms with Crippen molar-refractivity contribution in [3.63, 3.8) is 0 Å². The van der Waals surface area contributed by atoms with E-state index in [0.717, 1.165) is 5.56 Å². The number of aromatic nitrogens is 2. The first kappa shape index (κ1) is 14.1. The number of hydrogen-bond acceptors (Lipinski definition) is 4. The van der Waals surface area contributed by atoms with Gasteiger partial charge in [0.15, 0.2) is 0 Å². The minimum Gasteiger partial charge on any atom is -0.497 e. The Balaban J connectivity index is 1.85. The van der Waals surface area contributed by atoms with Gasteiger partial charge in [0.25, 0.3) is 5.91 Å². The zero-order chi connectivity index (χ0) is 15.5. The summed E-state index contributed by atoms with van der Waals surface area (Å²) in [7, 11) is 1.58. The zero-order valence-electron chi connectivity index (χ0n) is 12.1. The van der Waals surface area contributed by atoms with Crippen LogP contribution in [0.1, 0.15) is 16.8 Å². The van der Waals surface area contributed by atoms with Crippen molar-refractivity contribution < 1.29 is 14.3 Å². The first-order chi connectivity index (χ1) is 10.7. The number of carbonyl (C=O) groups is 2. The van der Waals surface area contributed by atoms with E-state index in [1.807, 2.05) is 24.3 Å². The van der Waals surface area contributed by atoms with E-state index >= 15 is 0 Å². The summed E-state index contributed by atoms with van der Waals surface area (Å²) in [4.78, 5) is 23.9. The summed E-state index contributed by atoms with van der Waals surface area (Å²) in [5, 5.41) is 12.2. The molecule has 1 aliphatic heterocycles. The number of aromatic amines is 1. The van der Waals surface area contributed by atoms with Crippen molar-refractivity contribution >= 4 is 11.8 Å². The van der Waals surface area contributed by atoms with Gasteiger partial charge in [0.05, 0.1) is 24.6 Å². The van der Waals surface area contributed by atoms with Crippen molar-refractivity contribution in [2.75, 3.05) is 13.7 Å². The van der Waals surface area contributed by atoms with Gasteiger partial charge in [-0.2, -0.15) is 5.10 Å². The molecule has 0 bridgehead atoms. The normalized spacial score (nSPS) is 17.1. The molecule has 1 aromatic carbocycles. The van der Waals surface area contributed by atoms with Crippen LogP contribution in [0.25, 0.3) is 11.3 Å². The van der Waals surface area contributed by atoms with Crippen molar-refractivity contribution in [1.29, 1.82) is 0 Å². The number of nitrogens with one attached hydrogen (secondary N) is 3. The van der Waals surface area contributed by atoms with Crippen LogP contribution in [0.3, 0.4) is 0 Å². The second-order valence-corrected chi connectivity index (χ2v) is 5.00. The van der Waals surface area contributed by atoms with Crippen molar-refractivity contribution in [3.05, 3.63) is 36.0 Å². The molecule has 7 heteroatoms. The van der Waals surface area contributed by atoms with Crippen LogP contribution in [0.4, 0.5) is 0 Å². The van der Waals surface area contributed by atoms with Crippen LogP contribution in [0.2, 0.25) is 0 Å². The maximum Gasteiger partial charge on any atom is 0.255 e. The molecular weight excluding hydrogens is 284 g/mol. The van der Waals surface area contributed by atoms with E-state index in [9.17, 15) is 9.59 Å². The Bertz CT molecular complexity index is 710. The van der Waals surface area contributed by atoms with Crippen LogP contribution in [0, 0.1) is 0 Å². The first-order valence-electron chi connectivity index (χ1n) is 6.95. The minimum absolute atomic E-state index is 0.153. The second-order valence-electron chi connectivity index (χ2n) is 5.00. The number of amides is 2. The Hall–Kier alpha value is -2.83. The van der Waals surface area contributed by atoms with E-state index in [-0.39, 0.29) is 11.8 Å². The van der Waals surface area contributed by atoms with Crippen LogP contribution in [-0.2, 0) is 4.79 Å². The van der Waals surface area contributed by atoms with Crippen LogP contribution < -0.4 is 15.4 Å². The van der Waals surface area contributed by atoms with E-state index in [1.165, 1.54) is 6.20 Å². The number of rotatable bonds is 4. The molecule has 2 aromatic rings. The van der Waals surface area contributed by atoms with Gasteiger partial charge in [0.2, 0.25) is 5.91 Å². The fourth-order valence-corrected chi connectivity index (χ4v) is 2.42. The van der Waals surface area contributed by atoms with Crippen LogP contribution in [0.15, 0.2) is 30.5 Å². The van der Waals surface area contributed by atoms with Gasteiger partial charge in [-0.05, 0) is 18.6 Å². The number of methoxy groups -OCH3 is 1. The Morgan fingerprint density at radius 2 is 2.32 bits per heavy atom. The van der Waals surface area contributed by atoms with Gasteiger partial charge >= 0.3 is 0 Å². The topological polar surface area (TPSA) is 96.1 Å². The molecule has 1 atom stereocenters. The van der Waals surface area contributed by atoms with Crippen LogP contribution in [0.5, 0.6) is 5.75 Å². The average Bonchev–Trinajstić information content (AvgIpc) is 3.17. The molecule has 3 N–H and O–H groups in total. The molecule has 0 unspecified atom stereocenters. The van der Waals surface area contributed by atoms with Crippen molar-refractivity contribution in [2.45, 2.75) is 12.5 Å². The highest BCUT2D eigenvalue weighted by molar-refractivity contribution is 6.02. The third-order valence-corrected chi connectivity index (χ3v) is 3.60. The first-order valence-corrected chi connectivity index (χ1v) is 6.95. The minimum atomic E-state index is -0.486. The second kappa shape index (κ2) is 5.88. The highest BCUT2D eigenvalue weighted by atomic mass is 16.5. The molecule has 0 aliphatic carbocycles. The fourth-order valence-electron chi connectivity index (χ4n) is 2.42. The summed E-state index contributed by atoms with van der Waals surface area (Å²) in [5.41, 5.74) is 1.78. The highest BCUT2D eigenvalue weighted by Crippen LogP contribution is 2.25. The molecule has 2 amide bonds. The smallest absolute Gasteiger partial charge is 0.255 e. The maximum absolute atomic E-state index is 12.4. The lowest BCUT2D eigenvalue weighted by atomic mass is 10.1. The summed E-state index contributed by atoms with van der Waals surface area (Å²) in [6.45, 7) is 0.581. The standard InChI is InChI=1S/C15H16N4O3/c1-22-10-4-2-3-9(7-10)13-11(8-17-19-13)14(20)18-12-5-6-16-15(12)21/h2-4,7-8,12H,5-6H2,1H3,(H,16,21)(H,17,19)(H,18,20)/t12-/m0/s1. The van der Waals surface area contributed by atoms with Crippen molar-refractivity contribution in [2.24, 2.45) is 0 Å². The van der Waals surface area contributed by atoms with E-state index < -0.39 is 6.04 Å². The van der Waals surface area contributed by atoms with Crippen LogP contribution in [-0.4, -0.2) is 41.7 Å². The Labute approximate surface area is 127 Å². The number of hydrogen-bond donors (Lipinski definition) is 3. The fraction of sp³-hybridized carbons (Fsp3) is 0.267. The van der Waals surface area contributed by atoms with Gasteiger partial charge in [-0.25, -0.2) is 0 Å². The summed E-state index contributed by atoms with van der Waals surface area (Å²) in [6, 6.07) is 6.84. The SMILES string of the molecule is COc1cccc(-c2[nH]ncc2C(=O)N[C@H]2CCNC2=O)c1. The largest absolute Gasteiger partial charge is 0.497 e. The average molecular weight is 300 g/mol. The van der Waals surface area contributed by atoms with Gasteiger partial charge in [-0.15, -0.1) is 0 Å². The maximum atomic E-state index is 12.4. The Kier molecular flexibility index (Phi) is 3.78. The van der Waals surface area contributed by atoms with E-state index in [2.05, 4.69) is 20.8 Å². The van der Waals surface area contributed by atoms with E-state index in [1.54, 1.807) is 7.11 Å². The molecule has 0 radical (unpaired) electrons. The Morgan fingerprint density at radius 3 is 3.05 bits per heavy atom. The number of H-pyrrole nitrogens is 1. The molecule has 3 rings (SSSR count). The van der Waals surface area contributed by atoms with Gasteiger partial charge in [0, 0.05) is 12.1 Å². The molecule has 1 aliphatic rings. The summed E-state index contributed by atoms with van der Waals surface area (Å²) in [6.07, 6.45) is 2.05. The lowest BCUT2D eigenvalue weighted by molar-refractivity contribution is -0.120. The summed E-state index contributed by atoms with van der Waals surface area (Å²) < 4.78 is 5.19. The predicted octanol–water partition coefficient (Wildman–Crippen LogP) is 0.704. The Morgan fingerprint density at radius 1 is 1.45 bits per heavy atom. The molecular formula is C15H16N4O3. The van der Waals surface area contributed by atoms with E-state index in [4.69, 9.17) is 4.74 Å². The van der Waals surface area contributed by atoms with Crippen LogP contribution >= 0.6 is 0 Å². The molecule has 7 nitrogen and oxygen atoms in total. The van der Waals surface area contributed by atoms with Gasteiger partial charge in [-0.3, -0.25) is 14.7 Å². The van der Waals surface area contributed by atoms with Crippen molar-refractivity contribution in [1.82, 2.24) is 20.8 Å². The third-order valence-electron chi connectivity index (χ3n) is 3.60. The quantitative estimate of drug-likeness (QED) is 0.774. The molecule has 1 aromatic heterocycles. The molecule has 0 saturated carbocycles. The molecule has 22 heavy (non-hydrogen) atoms. The lowest BCUT2D eigenvalue weighted by Gasteiger charge is -2.10. The molecule has 1 saturated heterocycles. The highest BCUT2D eigenvalue weighted by Gasteiger charge is 2.27. The molecule has 2 heterocycles. The number of nitrogens with zero attached hydrogens (tertiary/aromatic N) is 1. The summed E-state index contributed by atoms with van der Waals surface area (Å²) in [5.74, 6) is 0.210. The number of carbonyl (C=O) groups excluding carboxylic acids is 2. The van der Waals surface area contributed by atoms with E-state index in [0.29, 0.717) is 30.0 Å². The molecule has 114 valence electrons. The van der Waals surface area contributed by atoms with Crippen molar-refractivity contribution in [3.8, 4) is 17.0 Å². The third kappa shape index (κ3) is 2.65. The zero-order valence-corrected chi connectivity index (χ0v) is 12.1. The van der Waals surface area contributed by atoms with Gasteiger partial charge < -0.3 is 15.4 Å². The number of benzene rings is 1. The predicted molar refractivity (Wildman–Crippen MR) is 79.5 cm³/mol. The van der Waals surface area contributed by atoms with Gasteiger partial charge in [0.1, 0.15) is 11.8 Å². The number of ether oxygens (including phenoxy) is 1. The van der Waals surface area contributed by atoms with Gasteiger partial charge in [-0.1, -0.05) is 12.1 Å². The summed E-state index contributed by atoms with van der Waals surface area (Å²) >= 11 is 0. The monoisotopic (exact) mass is 300 g/mol. The molecule has 1 fully saturated rings. The molecule has 0 spiro atoms.